The van der Waals surface area contributed by atoms with E-state index in [0.717, 1.165) is 17.1 Å². The molecule has 0 amide bonds. The molecular formula is C15H18F2N2OS. The number of hydrogen-bond donors (Lipinski definition) is 1. The Bertz CT molecular complexity index is 548. The molecule has 1 aromatic heterocycles. The quantitative estimate of drug-likeness (QED) is 0.832. The Morgan fingerprint density at radius 1 is 1.29 bits per heavy atom. The average Bonchev–Trinajstić information content (AvgIpc) is 2.98. The summed E-state index contributed by atoms with van der Waals surface area (Å²) >= 11 is 1.62. The van der Waals surface area contributed by atoms with Gasteiger partial charge in [-0.05, 0) is 13.0 Å². The zero-order valence-electron chi connectivity index (χ0n) is 11.9. The molecule has 0 fully saturated rings. The van der Waals surface area contributed by atoms with Gasteiger partial charge < -0.3 is 10.1 Å². The SMILES string of the molecule is CC(CNC(C)c1ccccc1OC(F)F)c1nccs1. The van der Waals surface area contributed by atoms with Crippen molar-refractivity contribution in [3.8, 4) is 5.75 Å². The first-order valence-electron chi connectivity index (χ1n) is 6.74. The third kappa shape index (κ3) is 4.47. The molecule has 1 N–H and O–H groups in total. The lowest BCUT2D eigenvalue weighted by atomic mass is 10.1. The van der Waals surface area contributed by atoms with Gasteiger partial charge in [0.05, 0.1) is 5.01 Å². The van der Waals surface area contributed by atoms with Gasteiger partial charge in [0.1, 0.15) is 5.75 Å². The van der Waals surface area contributed by atoms with Gasteiger partial charge in [0.25, 0.3) is 0 Å². The van der Waals surface area contributed by atoms with Crippen LogP contribution in [0.25, 0.3) is 0 Å². The van der Waals surface area contributed by atoms with Crippen molar-refractivity contribution >= 4 is 11.3 Å². The number of ether oxygens (including phenoxy) is 1. The molecule has 1 heterocycles. The first-order chi connectivity index (χ1) is 10.1. The van der Waals surface area contributed by atoms with Crippen molar-refractivity contribution in [2.24, 2.45) is 0 Å². The predicted octanol–water partition coefficient (Wildman–Crippen LogP) is 4.20. The van der Waals surface area contributed by atoms with Crippen LogP contribution in [0.4, 0.5) is 8.78 Å². The minimum absolute atomic E-state index is 0.0811. The number of halogens is 2. The number of alkyl halides is 2. The fourth-order valence-corrected chi connectivity index (χ4v) is 2.77. The number of hydrogen-bond acceptors (Lipinski definition) is 4. The van der Waals surface area contributed by atoms with Crippen LogP contribution in [0.1, 0.15) is 36.4 Å². The number of benzene rings is 1. The van der Waals surface area contributed by atoms with Crippen molar-refractivity contribution in [2.45, 2.75) is 32.4 Å². The Morgan fingerprint density at radius 3 is 2.71 bits per heavy atom. The van der Waals surface area contributed by atoms with E-state index in [-0.39, 0.29) is 17.7 Å². The second-order valence-electron chi connectivity index (χ2n) is 4.82. The summed E-state index contributed by atoms with van der Waals surface area (Å²) in [6.07, 6.45) is 1.78. The second-order valence-corrected chi connectivity index (χ2v) is 5.74. The summed E-state index contributed by atoms with van der Waals surface area (Å²) in [6, 6.07) is 6.78. The standard InChI is InChI=1S/C15H18F2N2OS/c1-10(14-18-7-8-21-14)9-19-11(2)12-5-3-4-6-13(12)20-15(16)17/h3-8,10-11,15,19H,9H2,1-2H3. The minimum atomic E-state index is -2.81. The van der Waals surface area contributed by atoms with Crippen molar-refractivity contribution in [2.75, 3.05) is 6.54 Å². The predicted molar refractivity (Wildman–Crippen MR) is 80.0 cm³/mol. The maximum atomic E-state index is 12.4. The van der Waals surface area contributed by atoms with Crippen LogP contribution in [-0.4, -0.2) is 18.1 Å². The summed E-state index contributed by atoms with van der Waals surface area (Å²) in [6.45, 7) is 1.92. The van der Waals surface area contributed by atoms with Crippen LogP contribution in [0.5, 0.6) is 5.75 Å². The largest absolute Gasteiger partial charge is 0.434 e. The minimum Gasteiger partial charge on any atom is -0.434 e. The van der Waals surface area contributed by atoms with Gasteiger partial charge >= 0.3 is 6.61 Å². The average molecular weight is 312 g/mol. The van der Waals surface area contributed by atoms with Gasteiger partial charge in [-0.1, -0.05) is 25.1 Å². The normalized spacial score (nSPS) is 14.1. The molecule has 2 atom stereocenters. The molecule has 3 nitrogen and oxygen atoms in total. The van der Waals surface area contributed by atoms with E-state index in [0.29, 0.717) is 0 Å². The summed E-state index contributed by atoms with van der Waals surface area (Å²) in [5.74, 6) is 0.491. The third-order valence-corrected chi connectivity index (χ3v) is 4.21. The number of nitrogens with zero attached hydrogens (tertiary/aromatic N) is 1. The molecule has 1 aromatic carbocycles. The molecular weight excluding hydrogens is 294 g/mol. The van der Waals surface area contributed by atoms with Crippen LogP contribution in [0.2, 0.25) is 0 Å². The van der Waals surface area contributed by atoms with Gasteiger partial charge in [-0.3, -0.25) is 0 Å². The van der Waals surface area contributed by atoms with E-state index in [1.807, 2.05) is 18.4 Å². The molecule has 0 bridgehead atoms. The fraction of sp³-hybridized carbons (Fsp3) is 0.400. The van der Waals surface area contributed by atoms with Crippen molar-refractivity contribution in [1.82, 2.24) is 10.3 Å². The van der Waals surface area contributed by atoms with E-state index in [4.69, 9.17) is 0 Å². The molecule has 0 spiro atoms. The van der Waals surface area contributed by atoms with Crippen molar-refractivity contribution in [3.63, 3.8) is 0 Å². The van der Waals surface area contributed by atoms with E-state index in [1.165, 1.54) is 0 Å². The lowest BCUT2D eigenvalue weighted by molar-refractivity contribution is -0.0506. The third-order valence-electron chi connectivity index (χ3n) is 3.20. The van der Waals surface area contributed by atoms with Crippen LogP contribution in [0.3, 0.4) is 0 Å². The van der Waals surface area contributed by atoms with Crippen LogP contribution in [0.15, 0.2) is 35.8 Å². The van der Waals surface area contributed by atoms with Crippen LogP contribution >= 0.6 is 11.3 Å². The Kier molecular flexibility index (Phi) is 5.64. The fourth-order valence-electron chi connectivity index (χ4n) is 2.07. The second kappa shape index (κ2) is 7.47. The van der Waals surface area contributed by atoms with Gasteiger partial charge in [0, 0.05) is 35.6 Å². The van der Waals surface area contributed by atoms with E-state index in [9.17, 15) is 8.78 Å². The molecule has 0 aliphatic rings. The Hall–Kier alpha value is -1.53. The first-order valence-corrected chi connectivity index (χ1v) is 7.62. The highest BCUT2D eigenvalue weighted by Crippen LogP contribution is 2.27. The summed E-state index contributed by atoms with van der Waals surface area (Å²) in [7, 11) is 0. The van der Waals surface area contributed by atoms with E-state index in [1.54, 1.807) is 35.7 Å². The van der Waals surface area contributed by atoms with Crippen LogP contribution < -0.4 is 10.1 Å². The molecule has 0 radical (unpaired) electrons. The molecule has 0 aliphatic carbocycles. The Morgan fingerprint density at radius 2 is 2.05 bits per heavy atom. The smallest absolute Gasteiger partial charge is 0.387 e. The lowest BCUT2D eigenvalue weighted by Gasteiger charge is -2.19. The highest BCUT2D eigenvalue weighted by Gasteiger charge is 2.16. The molecule has 0 saturated heterocycles. The highest BCUT2D eigenvalue weighted by atomic mass is 32.1. The monoisotopic (exact) mass is 312 g/mol. The zero-order valence-corrected chi connectivity index (χ0v) is 12.7. The molecule has 21 heavy (non-hydrogen) atoms. The van der Waals surface area contributed by atoms with Gasteiger partial charge in [-0.25, -0.2) is 4.98 Å². The van der Waals surface area contributed by atoms with Gasteiger partial charge in [-0.2, -0.15) is 8.78 Å². The van der Waals surface area contributed by atoms with Crippen molar-refractivity contribution in [1.29, 1.82) is 0 Å². The maximum absolute atomic E-state index is 12.4. The van der Waals surface area contributed by atoms with E-state index in [2.05, 4.69) is 22.0 Å². The van der Waals surface area contributed by atoms with Crippen molar-refractivity contribution < 1.29 is 13.5 Å². The van der Waals surface area contributed by atoms with Gasteiger partial charge in [0.15, 0.2) is 0 Å². The van der Waals surface area contributed by atoms with E-state index >= 15 is 0 Å². The summed E-state index contributed by atoms with van der Waals surface area (Å²) < 4.78 is 29.4. The van der Waals surface area contributed by atoms with Gasteiger partial charge in [-0.15, -0.1) is 11.3 Å². The lowest BCUT2D eigenvalue weighted by Crippen LogP contribution is -2.24. The van der Waals surface area contributed by atoms with E-state index < -0.39 is 6.61 Å². The number of aromatic nitrogens is 1. The highest BCUT2D eigenvalue weighted by molar-refractivity contribution is 7.09. The summed E-state index contributed by atoms with van der Waals surface area (Å²) in [4.78, 5) is 4.28. The Labute approximate surface area is 127 Å². The number of nitrogens with one attached hydrogen (secondary N) is 1. The molecule has 0 saturated carbocycles. The maximum Gasteiger partial charge on any atom is 0.387 e. The first kappa shape index (κ1) is 15.9. The molecule has 114 valence electrons. The molecule has 2 aromatic rings. The van der Waals surface area contributed by atoms with Crippen molar-refractivity contribution in [3.05, 3.63) is 46.4 Å². The Balaban J connectivity index is 1.98. The molecule has 2 unspecified atom stereocenters. The topological polar surface area (TPSA) is 34.1 Å². The number of rotatable bonds is 7. The molecule has 2 rings (SSSR count). The zero-order chi connectivity index (χ0) is 15.2. The van der Waals surface area contributed by atoms with Crippen LogP contribution in [-0.2, 0) is 0 Å². The molecule has 6 heteroatoms. The van der Waals surface area contributed by atoms with Gasteiger partial charge in [0.2, 0.25) is 0 Å². The molecule has 0 aliphatic heterocycles. The van der Waals surface area contributed by atoms with Crippen LogP contribution in [0, 0.1) is 0 Å². The number of thiazole rings is 1. The summed E-state index contributed by atoms with van der Waals surface area (Å²) in [5.41, 5.74) is 0.726. The number of para-hydroxylation sites is 1. The summed E-state index contributed by atoms with van der Waals surface area (Å²) in [5, 5.41) is 6.35.